The van der Waals surface area contributed by atoms with E-state index >= 15 is 0 Å². The van der Waals surface area contributed by atoms with Crippen LogP contribution in [0.4, 0.5) is 0 Å². The van der Waals surface area contributed by atoms with Crippen LogP contribution in [-0.4, -0.2) is 30.6 Å². The van der Waals surface area contributed by atoms with Crippen LogP contribution in [0.25, 0.3) is 0 Å². The molecule has 102 valence electrons. The maximum atomic E-state index is 12.4. The molecule has 1 saturated heterocycles. The summed E-state index contributed by atoms with van der Waals surface area (Å²) in [5.74, 6) is 1.46. The Labute approximate surface area is 109 Å². The number of rotatable bonds is 2. The Bertz CT molecular complexity index is 331. The molecule has 4 nitrogen and oxygen atoms in total. The van der Waals surface area contributed by atoms with Gasteiger partial charge in [0.2, 0.25) is 5.91 Å². The van der Waals surface area contributed by atoms with E-state index in [-0.39, 0.29) is 23.9 Å². The summed E-state index contributed by atoms with van der Waals surface area (Å²) in [6.45, 7) is 3.23. The third-order valence-corrected chi connectivity index (χ3v) is 5.37. The highest BCUT2D eigenvalue weighted by Gasteiger charge is 2.49. The molecule has 1 aliphatic heterocycles. The first kappa shape index (κ1) is 12.4. The van der Waals surface area contributed by atoms with Crippen molar-refractivity contribution in [3.8, 4) is 0 Å². The lowest BCUT2D eigenvalue weighted by Gasteiger charge is -2.34. The molecule has 4 N–H and O–H groups in total. The van der Waals surface area contributed by atoms with E-state index in [2.05, 4.69) is 17.6 Å². The van der Waals surface area contributed by atoms with E-state index in [9.17, 15) is 4.79 Å². The number of nitrogens with one attached hydrogen (secondary N) is 2. The third kappa shape index (κ3) is 2.05. The summed E-state index contributed by atoms with van der Waals surface area (Å²) in [7, 11) is 0. The average Bonchev–Trinajstić information content (AvgIpc) is 2.92. The van der Waals surface area contributed by atoms with Crippen molar-refractivity contribution in [3.05, 3.63) is 0 Å². The van der Waals surface area contributed by atoms with E-state index < -0.39 is 0 Å². The first-order valence-corrected chi connectivity index (χ1v) is 7.46. The SMILES string of the molecule is CC1NCCCC1NC(=O)C1C2CCC(C2)C1N. The number of hydrogen-bond donors (Lipinski definition) is 3. The molecule has 1 heterocycles. The fourth-order valence-corrected chi connectivity index (χ4v) is 4.24. The zero-order chi connectivity index (χ0) is 12.7. The predicted molar refractivity (Wildman–Crippen MR) is 70.9 cm³/mol. The van der Waals surface area contributed by atoms with Crippen molar-refractivity contribution >= 4 is 5.91 Å². The number of hydrogen-bond acceptors (Lipinski definition) is 3. The quantitative estimate of drug-likeness (QED) is 0.674. The van der Waals surface area contributed by atoms with Crippen molar-refractivity contribution in [2.45, 2.75) is 57.2 Å². The van der Waals surface area contributed by atoms with E-state index in [1.54, 1.807) is 0 Å². The molecule has 0 aromatic carbocycles. The highest BCUT2D eigenvalue weighted by Crippen LogP contribution is 2.47. The zero-order valence-electron chi connectivity index (χ0n) is 11.2. The van der Waals surface area contributed by atoms with E-state index in [1.165, 1.54) is 19.3 Å². The molecule has 2 saturated carbocycles. The standard InChI is InChI=1S/C14H25N3O/c1-8-11(3-2-6-16-8)17-14(18)12-9-4-5-10(7-9)13(12)15/h8-13,16H,2-7,15H2,1H3,(H,17,18). The van der Waals surface area contributed by atoms with Gasteiger partial charge in [-0.1, -0.05) is 0 Å². The molecule has 18 heavy (non-hydrogen) atoms. The fraction of sp³-hybridized carbons (Fsp3) is 0.929. The average molecular weight is 251 g/mol. The lowest BCUT2D eigenvalue weighted by molar-refractivity contribution is -0.128. The molecule has 0 radical (unpaired) electrons. The van der Waals surface area contributed by atoms with Gasteiger partial charge in [0.25, 0.3) is 0 Å². The number of amides is 1. The summed E-state index contributed by atoms with van der Waals surface area (Å²) < 4.78 is 0. The summed E-state index contributed by atoms with van der Waals surface area (Å²) in [6, 6.07) is 0.783. The number of piperidine rings is 1. The first-order valence-electron chi connectivity index (χ1n) is 7.46. The minimum Gasteiger partial charge on any atom is -0.352 e. The van der Waals surface area contributed by atoms with Gasteiger partial charge in [0.05, 0.1) is 5.92 Å². The molecule has 4 heteroatoms. The number of fused-ring (bicyclic) bond motifs is 2. The fourth-order valence-electron chi connectivity index (χ4n) is 4.24. The van der Waals surface area contributed by atoms with Crippen LogP contribution in [-0.2, 0) is 4.79 Å². The maximum Gasteiger partial charge on any atom is 0.225 e. The van der Waals surface area contributed by atoms with Gasteiger partial charge < -0.3 is 16.4 Å². The van der Waals surface area contributed by atoms with Gasteiger partial charge in [-0.3, -0.25) is 4.79 Å². The highest BCUT2D eigenvalue weighted by atomic mass is 16.2. The molecule has 1 amide bonds. The molecule has 0 spiro atoms. The van der Waals surface area contributed by atoms with Gasteiger partial charge in [0, 0.05) is 18.1 Å². The summed E-state index contributed by atoms with van der Waals surface area (Å²) in [5.41, 5.74) is 6.23. The molecular formula is C14H25N3O. The first-order chi connectivity index (χ1) is 8.66. The maximum absolute atomic E-state index is 12.4. The highest BCUT2D eigenvalue weighted by molar-refractivity contribution is 5.80. The summed E-state index contributed by atoms with van der Waals surface area (Å²) in [6.07, 6.45) is 5.86. The van der Waals surface area contributed by atoms with E-state index in [1.807, 2.05) is 0 Å². The van der Waals surface area contributed by atoms with Crippen LogP contribution in [0.5, 0.6) is 0 Å². The minimum absolute atomic E-state index is 0.0814. The second-order valence-electron chi connectivity index (χ2n) is 6.44. The van der Waals surface area contributed by atoms with Crippen LogP contribution in [0.3, 0.4) is 0 Å². The number of nitrogens with two attached hydrogens (primary N) is 1. The Morgan fingerprint density at radius 1 is 1.28 bits per heavy atom. The van der Waals surface area contributed by atoms with E-state index in [0.717, 1.165) is 19.4 Å². The summed E-state index contributed by atoms with van der Waals surface area (Å²) in [4.78, 5) is 12.4. The van der Waals surface area contributed by atoms with E-state index in [4.69, 9.17) is 5.73 Å². The predicted octanol–water partition coefficient (Wildman–Crippen LogP) is 0.617. The Balaban J connectivity index is 1.61. The molecule has 6 atom stereocenters. The van der Waals surface area contributed by atoms with Crippen LogP contribution < -0.4 is 16.4 Å². The molecule has 2 bridgehead atoms. The molecular weight excluding hydrogens is 226 g/mol. The van der Waals surface area contributed by atoms with Crippen LogP contribution >= 0.6 is 0 Å². The minimum atomic E-state index is 0.0814. The lowest BCUT2D eigenvalue weighted by atomic mass is 9.84. The van der Waals surface area contributed by atoms with Crippen LogP contribution in [0.2, 0.25) is 0 Å². The molecule has 2 aliphatic carbocycles. The summed E-state index contributed by atoms with van der Waals surface area (Å²) >= 11 is 0. The van der Waals surface area contributed by atoms with Crippen molar-refractivity contribution in [1.82, 2.24) is 10.6 Å². The normalized spacial score (nSPS) is 47.2. The van der Waals surface area contributed by atoms with Crippen molar-refractivity contribution < 1.29 is 4.79 Å². The van der Waals surface area contributed by atoms with Crippen LogP contribution in [0, 0.1) is 17.8 Å². The van der Waals surface area contributed by atoms with Gasteiger partial charge >= 0.3 is 0 Å². The van der Waals surface area contributed by atoms with Crippen molar-refractivity contribution in [1.29, 1.82) is 0 Å². The third-order valence-electron chi connectivity index (χ3n) is 5.37. The second-order valence-corrected chi connectivity index (χ2v) is 6.44. The molecule has 3 aliphatic rings. The Morgan fingerprint density at radius 3 is 2.72 bits per heavy atom. The van der Waals surface area contributed by atoms with E-state index in [0.29, 0.717) is 17.9 Å². The molecule has 0 aromatic rings. The zero-order valence-corrected chi connectivity index (χ0v) is 11.2. The van der Waals surface area contributed by atoms with Gasteiger partial charge in [-0.15, -0.1) is 0 Å². The smallest absolute Gasteiger partial charge is 0.225 e. The van der Waals surface area contributed by atoms with Crippen molar-refractivity contribution in [2.24, 2.45) is 23.5 Å². The molecule has 6 unspecified atom stereocenters. The van der Waals surface area contributed by atoms with Crippen molar-refractivity contribution in [2.75, 3.05) is 6.54 Å². The topological polar surface area (TPSA) is 67.1 Å². The van der Waals surface area contributed by atoms with Gasteiger partial charge in [0.1, 0.15) is 0 Å². The van der Waals surface area contributed by atoms with Gasteiger partial charge in [-0.25, -0.2) is 0 Å². The van der Waals surface area contributed by atoms with Gasteiger partial charge in [-0.2, -0.15) is 0 Å². The monoisotopic (exact) mass is 251 g/mol. The molecule has 3 fully saturated rings. The number of carbonyl (C=O) groups is 1. The van der Waals surface area contributed by atoms with Crippen molar-refractivity contribution in [3.63, 3.8) is 0 Å². The van der Waals surface area contributed by atoms with Crippen LogP contribution in [0.1, 0.15) is 39.0 Å². The Morgan fingerprint density at radius 2 is 2.06 bits per heavy atom. The molecule has 0 aromatic heterocycles. The van der Waals surface area contributed by atoms with Gasteiger partial charge in [0.15, 0.2) is 0 Å². The Hall–Kier alpha value is -0.610. The summed E-state index contributed by atoms with van der Waals surface area (Å²) in [5, 5.41) is 6.67. The molecule has 3 rings (SSSR count). The lowest BCUT2D eigenvalue weighted by Crippen LogP contribution is -2.55. The largest absolute Gasteiger partial charge is 0.352 e. The van der Waals surface area contributed by atoms with Crippen LogP contribution in [0.15, 0.2) is 0 Å². The number of carbonyl (C=O) groups excluding carboxylic acids is 1. The Kier molecular flexibility index (Phi) is 3.32. The second kappa shape index (κ2) is 4.82. The van der Waals surface area contributed by atoms with Gasteiger partial charge in [-0.05, 0) is 57.4 Å².